The van der Waals surface area contributed by atoms with E-state index in [-0.39, 0.29) is 23.0 Å². The number of ketones is 1. The molecule has 0 aliphatic heterocycles. The Morgan fingerprint density at radius 2 is 1.83 bits per heavy atom. The molecule has 1 aromatic heterocycles. The second-order valence-electron chi connectivity index (χ2n) is 10.3. The molecule has 0 spiro atoms. The highest BCUT2D eigenvalue weighted by Gasteiger charge is 2.34. The van der Waals surface area contributed by atoms with Gasteiger partial charge in [0.1, 0.15) is 5.82 Å². The molecule has 1 atom stereocenters. The Bertz CT molecular complexity index is 1800. The molecule has 1 aliphatic carbocycles. The predicted octanol–water partition coefficient (Wildman–Crippen LogP) is 8.16. The Balaban J connectivity index is 1.40. The number of methoxy groups -OCH3 is 1. The fraction of sp³-hybridized carbons (Fsp3) is 0.182. The van der Waals surface area contributed by atoms with Gasteiger partial charge in [0.15, 0.2) is 17.3 Å². The molecule has 2 N–H and O–H groups in total. The zero-order valence-corrected chi connectivity index (χ0v) is 22.9. The number of H-pyrrole nitrogens is 1. The van der Waals surface area contributed by atoms with Gasteiger partial charge in [0.25, 0.3) is 0 Å². The molecule has 0 amide bonds. The van der Waals surface area contributed by atoms with Crippen molar-refractivity contribution in [3.05, 3.63) is 106 Å². The summed E-state index contributed by atoms with van der Waals surface area (Å²) in [5.41, 5.74) is 3.68. The summed E-state index contributed by atoms with van der Waals surface area (Å²) < 4.78 is 19.4. The van der Waals surface area contributed by atoms with E-state index in [0.29, 0.717) is 56.5 Å². The number of carbonyl (C=O) groups excluding carboxylic acids is 1. The minimum Gasteiger partial charge on any atom is -0.494 e. The number of rotatable bonds is 9. The minimum absolute atomic E-state index is 0.0447. The van der Waals surface area contributed by atoms with E-state index in [1.54, 1.807) is 30.3 Å². The van der Waals surface area contributed by atoms with Crippen LogP contribution in [0.1, 0.15) is 51.5 Å². The van der Waals surface area contributed by atoms with E-state index < -0.39 is 11.8 Å². The SMILES string of the molecule is COc1cc2nc(-c3cccc(Cl)c3-c3ccc(C(=O)CC(c4ccccc4)C4CC4)cc3C(=O)O)[nH]c2cc1F. The van der Waals surface area contributed by atoms with Crippen molar-refractivity contribution in [3.63, 3.8) is 0 Å². The van der Waals surface area contributed by atoms with Crippen molar-refractivity contribution in [2.45, 2.75) is 25.2 Å². The molecule has 6 nitrogen and oxygen atoms in total. The number of carboxylic acid groups (broad SMARTS) is 1. The number of benzene rings is 4. The van der Waals surface area contributed by atoms with E-state index in [1.165, 1.54) is 25.3 Å². The number of Topliss-reactive ketones (excluding diaryl/α,β-unsaturated/α-hetero) is 1. The first-order valence-electron chi connectivity index (χ1n) is 13.3. The lowest BCUT2D eigenvalue weighted by atomic mass is 9.86. The minimum atomic E-state index is -1.18. The lowest BCUT2D eigenvalue weighted by Gasteiger charge is -2.17. The van der Waals surface area contributed by atoms with Crippen LogP contribution in [0.5, 0.6) is 5.75 Å². The van der Waals surface area contributed by atoms with Crippen molar-refractivity contribution < 1.29 is 23.8 Å². The Morgan fingerprint density at radius 3 is 2.54 bits per heavy atom. The number of aromatic nitrogens is 2. The van der Waals surface area contributed by atoms with E-state index in [2.05, 4.69) is 9.97 Å². The summed E-state index contributed by atoms with van der Waals surface area (Å²) in [5, 5.41) is 10.5. The van der Waals surface area contributed by atoms with Gasteiger partial charge in [-0.2, -0.15) is 0 Å². The molecular formula is C33H26ClFN2O4. The number of imidazole rings is 1. The summed E-state index contributed by atoms with van der Waals surface area (Å²) >= 11 is 6.66. The van der Waals surface area contributed by atoms with Gasteiger partial charge in [0.05, 0.1) is 23.7 Å². The van der Waals surface area contributed by atoms with E-state index in [4.69, 9.17) is 16.3 Å². The van der Waals surface area contributed by atoms with Crippen LogP contribution in [0, 0.1) is 11.7 Å². The van der Waals surface area contributed by atoms with Crippen LogP contribution in [0.3, 0.4) is 0 Å². The molecule has 1 saturated carbocycles. The van der Waals surface area contributed by atoms with Crippen molar-refractivity contribution in [2.75, 3.05) is 7.11 Å². The predicted molar refractivity (Wildman–Crippen MR) is 156 cm³/mol. The largest absolute Gasteiger partial charge is 0.494 e. The number of nitrogens with one attached hydrogen (secondary N) is 1. The average molecular weight is 569 g/mol. The lowest BCUT2D eigenvalue weighted by molar-refractivity contribution is 0.0697. The Labute approximate surface area is 240 Å². The molecule has 8 heteroatoms. The molecule has 1 fully saturated rings. The lowest BCUT2D eigenvalue weighted by Crippen LogP contribution is -2.11. The van der Waals surface area contributed by atoms with E-state index >= 15 is 0 Å². The summed E-state index contributed by atoms with van der Waals surface area (Å²) in [6.45, 7) is 0. The van der Waals surface area contributed by atoms with Crippen molar-refractivity contribution in [3.8, 4) is 28.3 Å². The summed E-state index contributed by atoms with van der Waals surface area (Å²) in [5.74, 6) is -0.813. The van der Waals surface area contributed by atoms with Crippen molar-refractivity contribution in [1.29, 1.82) is 0 Å². The van der Waals surface area contributed by atoms with Gasteiger partial charge in [-0.3, -0.25) is 4.79 Å². The smallest absolute Gasteiger partial charge is 0.336 e. The third-order valence-electron chi connectivity index (χ3n) is 7.69. The van der Waals surface area contributed by atoms with Gasteiger partial charge in [-0.25, -0.2) is 14.2 Å². The maximum Gasteiger partial charge on any atom is 0.336 e. The zero-order chi connectivity index (χ0) is 28.7. The standard InChI is InChI=1S/C33H26ClFN2O4/c1-41-30-17-28-27(16-26(30)35)36-32(37-28)22-8-5-9-25(34)31(22)21-13-12-20(14-24(21)33(39)40)29(38)15-23(19-10-11-19)18-6-3-2-4-7-18/h2-9,12-14,16-17,19,23H,10-11,15H2,1H3,(H,36,37)(H,39,40). The molecule has 0 bridgehead atoms. The van der Waals surface area contributed by atoms with Gasteiger partial charge < -0.3 is 14.8 Å². The molecule has 0 radical (unpaired) electrons. The molecular weight excluding hydrogens is 543 g/mol. The topological polar surface area (TPSA) is 92.3 Å². The molecule has 5 aromatic rings. The van der Waals surface area contributed by atoms with Crippen molar-refractivity contribution >= 4 is 34.4 Å². The summed E-state index contributed by atoms with van der Waals surface area (Å²) in [6.07, 6.45) is 2.48. The van der Waals surface area contributed by atoms with E-state index in [1.807, 2.05) is 30.3 Å². The molecule has 206 valence electrons. The van der Waals surface area contributed by atoms with Crippen LogP contribution in [0.2, 0.25) is 5.02 Å². The van der Waals surface area contributed by atoms with E-state index in [0.717, 1.165) is 18.4 Å². The highest BCUT2D eigenvalue weighted by Crippen LogP contribution is 2.45. The maximum atomic E-state index is 14.3. The van der Waals surface area contributed by atoms with Gasteiger partial charge in [-0.1, -0.05) is 66.2 Å². The van der Waals surface area contributed by atoms with Crippen LogP contribution < -0.4 is 4.74 Å². The molecule has 1 unspecified atom stereocenters. The average Bonchev–Trinajstić information content (AvgIpc) is 3.74. The third-order valence-corrected chi connectivity index (χ3v) is 8.00. The van der Waals surface area contributed by atoms with Gasteiger partial charge in [-0.05, 0) is 47.9 Å². The number of carboxylic acids is 1. The number of aromatic amines is 1. The molecule has 41 heavy (non-hydrogen) atoms. The molecule has 0 saturated heterocycles. The first-order chi connectivity index (χ1) is 19.8. The van der Waals surface area contributed by atoms with Crippen LogP contribution >= 0.6 is 11.6 Å². The number of ether oxygens (including phenoxy) is 1. The van der Waals surface area contributed by atoms with Crippen LogP contribution in [-0.2, 0) is 0 Å². The van der Waals surface area contributed by atoms with Crippen LogP contribution in [0.4, 0.5) is 4.39 Å². The summed E-state index contributed by atoms with van der Waals surface area (Å²) in [7, 11) is 1.38. The molecule has 1 heterocycles. The fourth-order valence-electron chi connectivity index (χ4n) is 5.48. The molecule has 4 aromatic carbocycles. The second-order valence-corrected chi connectivity index (χ2v) is 10.7. The normalized spacial score (nSPS) is 13.7. The van der Waals surface area contributed by atoms with Crippen molar-refractivity contribution in [2.24, 2.45) is 5.92 Å². The van der Waals surface area contributed by atoms with E-state index in [9.17, 15) is 19.1 Å². The maximum absolute atomic E-state index is 14.3. The number of hydrogen-bond donors (Lipinski definition) is 2. The monoisotopic (exact) mass is 568 g/mol. The molecule has 1 aliphatic rings. The number of fused-ring (bicyclic) bond motifs is 1. The first-order valence-corrected chi connectivity index (χ1v) is 13.7. The Hall–Kier alpha value is -4.49. The number of nitrogens with zero attached hydrogens (tertiary/aromatic N) is 1. The van der Waals surface area contributed by atoms with Crippen LogP contribution in [0.15, 0.2) is 78.9 Å². The van der Waals surface area contributed by atoms with Crippen LogP contribution in [-0.4, -0.2) is 33.9 Å². The Morgan fingerprint density at radius 1 is 1.05 bits per heavy atom. The zero-order valence-electron chi connectivity index (χ0n) is 22.2. The number of carbonyl (C=O) groups is 2. The van der Waals surface area contributed by atoms with Crippen molar-refractivity contribution in [1.82, 2.24) is 9.97 Å². The van der Waals surface area contributed by atoms with Gasteiger partial charge >= 0.3 is 5.97 Å². The summed E-state index contributed by atoms with van der Waals surface area (Å²) in [6, 6.07) is 22.6. The highest BCUT2D eigenvalue weighted by molar-refractivity contribution is 6.34. The second kappa shape index (κ2) is 10.8. The van der Waals surface area contributed by atoms with Gasteiger partial charge in [-0.15, -0.1) is 0 Å². The summed E-state index contributed by atoms with van der Waals surface area (Å²) in [4.78, 5) is 33.7. The third kappa shape index (κ3) is 5.21. The number of halogens is 2. The van der Waals surface area contributed by atoms with Gasteiger partial charge in [0.2, 0.25) is 0 Å². The number of hydrogen-bond acceptors (Lipinski definition) is 4. The quantitative estimate of drug-likeness (QED) is 0.175. The Kier molecular flexibility index (Phi) is 7.05. The fourth-order valence-corrected chi connectivity index (χ4v) is 5.75. The molecule has 6 rings (SSSR count). The highest BCUT2D eigenvalue weighted by atomic mass is 35.5. The van der Waals surface area contributed by atoms with Crippen LogP contribution in [0.25, 0.3) is 33.5 Å². The number of aromatic carboxylic acids is 1. The van der Waals surface area contributed by atoms with Gasteiger partial charge in [0, 0.05) is 40.3 Å². The first kappa shape index (κ1) is 26.7.